The average molecular weight is 169 g/mol. The van der Waals surface area contributed by atoms with Crippen molar-refractivity contribution in [2.45, 2.75) is 12.6 Å². The molecule has 1 atom stereocenters. The minimum Gasteiger partial charge on any atom is -0.308 e. The summed E-state index contributed by atoms with van der Waals surface area (Å²) >= 11 is 0. The van der Waals surface area contributed by atoms with E-state index < -0.39 is 12.6 Å². The fourth-order valence-corrected chi connectivity index (χ4v) is 0.756. The van der Waals surface area contributed by atoms with Crippen molar-refractivity contribution in [1.29, 1.82) is 0 Å². The fraction of sp³-hybridized carbons (Fsp3) is 0.800. The number of nitrogens with one attached hydrogen (secondary N) is 2. The maximum atomic E-state index is 11.5. The molecule has 0 bridgehead atoms. The van der Waals surface area contributed by atoms with E-state index in [9.17, 15) is 13.2 Å². The van der Waals surface area contributed by atoms with Gasteiger partial charge in [-0.2, -0.15) is 0 Å². The van der Waals surface area contributed by atoms with Crippen LogP contribution in [0.4, 0.5) is 13.2 Å². The Kier molecular flexibility index (Phi) is 2.69. The first-order valence-corrected chi connectivity index (χ1v) is 3.12. The van der Waals surface area contributed by atoms with Gasteiger partial charge in [0, 0.05) is 13.1 Å². The van der Waals surface area contributed by atoms with Crippen molar-refractivity contribution in [2.75, 3.05) is 13.1 Å². The summed E-state index contributed by atoms with van der Waals surface area (Å²) < 4.78 is 38.2. The number of ether oxygens (including phenoxy) is 1. The van der Waals surface area contributed by atoms with E-state index in [1.807, 2.05) is 0 Å². The fourth-order valence-electron chi connectivity index (χ4n) is 0.756. The zero-order valence-corrected chi connectivity index (χ0v) is 5.61. The van der Waals surface area contributed by atoms with Crippen LogP contribution in [0.25, 0.3) is 0 Å². The molecule has 3 nitrogen and oxygen atoms in total. The van der Waals surface area contributed by atoms with E-state index in [4.69, 9.17) is 0 Å². The summed E-state index contributed by atoms with van der Waals surface area (Å²) in [5.41, 5.74) is 0. The van der Waals surface area contributed by atoms with Crippen molar-refractivity contribution < 1.29 is 17.9 Å². The highest BCUT2D eigenvalue weighted by Gasteiger charge is 2.34. The van der Waals surface area contributed by atoms with Crippen molar-refractivity contribution in [3.63, 3.8) is 0 Å². The second kappa shape index (κ2) is 3.38. The molecule has 0 aromatic carbocycles. The van der Waals surface area contributed by atoms with Crippen molar-refractivity contribution in [3.8, 4) is 0 Å². The first kappa shape index (κ1) is 8.76. The largest absolute Gasteiger partial charge is 0.524 e. The molecular formula is C5H8F3N2O. The maximum Gasteiger partial charge on any atom is 0.524 e. The summed E-state index contributed by atoms with van der Waals surface area (Å²) in [5.74, 6) is 0. The monoisotopic (exact) mass is 169 g/mol. The summed E-state index contributed by atoms with van der Waals surface area (Å²) in [6.45, 7) is 2.33. The molecule has 0 aromatic rings. The number of halogens is 3. The average Bonchev–Trinajstić information content (AvgIpc) is 1.85. The molecule has 1 unspecified atom stereocenters. The van der Waals surface area contributed by atoms with E-state index in [-0.39, 0.29) is 0 Å². The Balaban J connectivity index is 2.24. The normalized spacial score (nSPS) is 27.0. The van der Waals surface area contributed by atoms with E-state index in [1.54, 1.807) is 0 Å². The Labute approximate surface area is 61.9 Å². The first-order chi connectivity index (χ1) is 5.08. The molecule has 1 rings (SSSR count). The van der Waals surface area contributed by atoms with Crippen LogP contribution in [0.3, 0.4) is 0 Å². The SMILES string of the molecule is FC(F)(F)OC1[CH]NCCN1. The number of alkyl halides is 3. The van der Waals surface area contributed by atoms with Crippen molar-refractivity contribution in [3.05, 3.63) is 6.54 Å². The molecule has 1 heterocycles. The van der Waals surface area contributed by atoms with Crippen LogP contribution in [-0.4, -0.2) is 25.7 Å². The second-order valence-electron chi connectivity index (χ2n) is 2.06. The van der Waals surface area contributed by atoms with Crippen LogP contribution in [0.2, 0.25) is 0 Å². The second-order valence-corrected chi connectivity index (χ2v) is 2.06. The lowest BCUT2D eigenvalue weighted by atomic mass is 10.4. The van der Waals surface area contributed by atoms with Crippen LogP contribution in [0.1, 0.15) is 0 Å². The van der Waals surface area contributed by atoms with Gasteiger partial charge >= 0.3 is 6.36 Å². The molecule has 0 aromatic heterocycles. The number of hydrogen-bond acceptors (Lipinski definition) is 3. The molecule has 1 fully saturated rings. The van der Waals surface area contributed by atoms with Crippen molar-refractivity contribution >= 4 is 0 Å². The van der Waals surface area contributed by atoms with E-state index in [2.05, 4.69) is 15.4 Å². The third kappa shape index (κ3) is 3.54. The molecule has 1 radical (unpaired) electrons. The highest BCUT2D eigenvalue weighted by atomic mass is 19.4. The Morgan fingerprint density at radius 2 is 2.09 bits per heavy atom. The molecule has 6 heteroatoms. The topological polar surface area (TPSA) is 33.3 Å². The highest BCUT2D eigenvalue weighted by molar-refractivity contribution is 4.78. The number of rotatable bonds is 1. The molecule has 65 valence electrons. The molecule has 1 saturated heterocycles. The van der Waals surface area contributed by atoms with Crippen LogP contribution in [0, 0.1) is 6.54 Å². The molecule has 2 N–H and O–H groups in total. The summed E-state index contributed by atoms with van der Waals surface area (Å²) in [7, 11) is 0. The molecular weight excluding hydrogens is 161 g/mol. The van der Waals surface area contributed by atoms with Crippen LogP contribution < -0.4 is 10.6 Å². The summed E-state index contributed by atoms with van der Waals surface area (Å²) in [6, 6.07) is 0. The lowest BCUT2D eigenvalue weighted by Gasteiger charge is -2.24. The van der Waals surface area contributed by atoms with Gasteiger partial charge in [-0.1, -0.05) is 0 Å². The maximum absolute atomic E-state index is 11.5. The lowest BCUT2D eigenvalue weighted by molar-refractivity contribution is -0.343. The molecule has 11 heavy (non-hydrogen) atoms. The van der Waals surface area contributed by atoms with E-state index in [0.717, 1.165) is 0 Å². The van der Waals surface area contributed by atoms with E-state index in [0.29, 0.717) is 13.1 Å². The van der Waals surface area contributed by atoms with Crippen LogP contribution in [0.15, 0.2) is 0 Å². The van der Waals surface area contributed by atoms with Crippen LogP contribution in [-0.2, 0) is 4.74 Å². The molecule has 0 spiro atoms. The summed E-state index contributed by atoms with van der Waals surface area (Å²) in [6.07, 6.45) is -5.64. The van der Waals surface area contributed by atoms with Gasteiger partial charge in [0.25, 0.3) is 0 Å². The Bertz CT molecular complexity index is 121. The molecule has 0 aliphatic carbocycles. The quantitative estimate of drug-likeness (QED) is 0.588. The van der Waals surface area contributed by atoms with Gasteiger partial charge in [0.1, 0.15) is 6.23 Å². The van der Waals surface area contributed by atoms with Gasteiger partial charge in [-0.3, -0.25) is 10.1 Å². The lowest BCUT2D eigenvalue weighted by Crippen LogP contribution is -2.48. The van der Waals surface area contributed by atoms with Crippen molar-refractivity contribution in [2.24, 2.45) is 0 Å². The Hall–Kier alpha value is -0.330. The van der Waals surface area contributed by atoms with Crippen LogP contribution in [0.5, 0.6) is 0 Å². The third-order valence-corrected chi connectivity index (χ3v) is 1.14. The van der Waals surface area contributed by atoms with Gasteiger partial charge in [0.15, 0.2) is 0 Å². The predicted octanol–water partition coefficient (Wildman–Crippen LogP) is 0.203. The van der Waals surface area contributed by atoms with Gasteiger partial charge in [-0.15, -0.1) is 13.2 Å². The molecule has 1 aliphatic heterocycles. The first-order valence-electron chi connectivity index (χ1n) is 3.12. The minimum atomic E-state index is -4.58. The Morgan fingerprint density at radius 3 is 2.55 bits per heavy atom. The zero-order chi connectivity index (χ0) is 8.32. The Morgan fingerprint density at radius 1 is 1.36 bits per heavy atom. The molecule has 0 amide bonds. The summed E-state index contributed by atoms with van der Waals surface area (Å²) in [5, 5.41) is 5.16. The van der Waals surface area contributed by atoms with Gasteiger partial charge in [-0.05, 0) is 0 Å². The highest BCUT2D eigenvalue weighted by Crippen LogP contribution is 2.18. The minimum absolute atomic E-state index is 0.469. The third-order valence-electron chi connectivity index (χ3n) is 1.14. The number of piperazine rings is 1. The van der Waals surface area contributed by atoms with E-state index in [1.165, 1.54) is 6.54 Å². The zero-order valence-electron chi connectivity index (χ0n) is 5.61. The van der Waals surface area contributed by atoms with Gasteiger partial charge in [-0.25, -0.2) is 0 Å². The molecule has 1 aliphatic rings. The van der Waals surface area contributed by atoms with Crippen LogP contribution >= 0.6 is 0 Å². The summed E-state index contributed by atoms with van der Waals surface area (Å²) in [4.78, 5) is 0. The van der Waals surface area contributed by atoms with Crippen molar-refractivity contribution in [1.82, 2.24) is 10.6 Å². The number of hydrogen-bond donors (Lipinski definition) is 2. The van der Waals surface area contributed by atoms with E-state index >= 15 is 0 Å². The predicted molar refractivity (Wildman–Crippen MR) is 31.2 cm³/mol. The smallest absolute Gasteiger partial charge is 0.308 e. The molecule has 0 saturated carbocycles. The van der Waals surface area contributed by atoms with Gasteiger partial charge in [0.05, 0.1) is 6.54 Å². The van der Waals surface area contributed by atoms with Gasteiger partial charge < -0.3 is 5.32 Å². The van der Waals surface area contributed by atoms with Gasteiger partial charge in [0.2, 0.25) is 0 Å². The standard InChI is InChI=1S/C5H8F3N2O/c6-5(7,8)11-4-3-9-1-2-10-4/h3-4,9-10H,1-2H2.